The summed E-state index contributed by atoms with van der Waals surface area (Å²) in [5.41, 5.74) is 1.60. The van der Waals surface area contributed by atoms with Crippen LogP contribution in [0.4, 0.5) is 0 Å². The van der Waals surface area contributed by atoms with Gasteiger partial charge >= 0.3 is 0 Å². The van der Waals surface area contributed by atoms with Gasteiger partial charge in [-0.05, 0) is 24.3 Å². The van der Waals surface area contributed by atoms with Gasteiger partial charge in [0, 0.05) is 4.90 Å². The van der Waals surface area contributed by atoms with E-state index in [0.29, 0.717) is 31.0 Å². The first-order valence-corrected chi connectivity index (χ1v) is 9.03. The minimum atomic E-state index is -1.70. The molecule has 0 N–H and O–H groups in total. The number of fused-ring (bicyclic) bond motifs is 1. The van der Waals surface area contributed by atoms with E-state index in [1.54, 1.807) is 12.1 Å². The van der Waals surface area contributed by atoms with Gasteiger partial charge in [-0.2, -0.15) is 0 Å². The van der Waals surface area contributed by atoms with Gasteiger partial charge in [0.15, 0.2) is 0 Å². The molecule has 3 aromatic rings. The van der Waals surface area contributed by atoms with Crippen LogP contribution in [-0.2, 0) is 3.79 Å². The summed E-state index contributed by atoms with van der Waals surface area (Å²) in [4.78, 5) is 9.70. The van der Waals surface area contributed by atoms with Crippen LogP contribution >= 0.6 is 69.8 Å². The second-order valence-electron chi connectivity index (χ2n) is 4.52. The maximum absolute atomic E-state index is 6.23. The summed E-state index contributed by atoms with van der Waals surface area (Å²) < 4.78 is -1.70. The summed E-state index contributed by atoms with van der Waals surface area (Å²) in [6, 6.07) is 12.7. The molecule has 1 heterocycles. The molecule has 0 atom stereocenters. The first kappa shape index (κ1) is 17.4. The second kappa shape index (κ2) is 6.83. The molecule has 0 aliphatic heterocycles. The molecular formula is C15H7Cl5N2S. The van der Waals surface area contributed by atoms with Crippen LogP contribution in [0.15, 0.2) is 52.4 Å². The Morgan fingerprint density at radius 1 is 0.826 bits per heavy atom. The lowest BCUT2D eigenvalue weighted by Crippen LogP contribution is -2.08. The van der Waals surface area contributed by atoms with Crippen molar-refractivity contribution >= 4 is 80.8 Å². The van der Waals surface area contributed by atoms with E-state index in [9.17, 15) is 0 Å². The molecule has 118 valence electrons. The number of hydrogen-bond donors (Lipinski definition) is 0. The maximum Gasteiger partial charge on any atom is 0.235 e. The summed E-state index contributed by atoms with van der Waals surface area (Å²) in [5, 5.41) is 1.33. The average molecular weight is 425 g/mol. The summed E-state index contributed by atoms with van der Waals surface area (Å²) in [5.74, 6) is 0. The zero-order chi connectivity index (χ0) is 16.6. The smallest absolute Gasteiger partial charge is 0.235 e. The molecule has 23 heavy (non-hydrogen) atoms. The van der Waals surface area contributed by atoms with Crippen molar-refractivity contribution in [2.24, 2.45) is 0 Å². The summed E-state index contributed by atoms with van der Waals surface area (Å²) in [6.07, 6.45) is 0. The van der Waals surface area contributed by atoms with Crippen LogP contribution in [0.25, 0.3) is 11.0 Å². The van der Waals surface area contributed by atoms with Gasteiger partial charge in [-0.15, -0.1) is 0 Å². The van der Waals surface area contributed by atoms with Gasteiger partial charge in [-0.3, -0.25) is 0 Å². The van der Waals surface area contributed by atoms with E-state index in [-0.39, 0.29) is 5.69 Å². The van der Waals surface area contributed by atoms with E-state index in [0.717, 1.165) is 0 Å². The van der Waals surface area contributed by atoms with Gasteiger partial charge in [-0.25, -0.2) is 9.97 Å². The molecule has 3 rings (SSSR count). The van der Waals surface area contributed by atoms with Crippen molar-refractivity contribution in [2.45, 2.75) is 13.7 Å². The van der Waals surface area contributed by atoms with Crippen LogP contribution in [0.2, 0.25) is 10.0 Å². The molecule has 0 amide bonds. The molecule has 0 spiro atoms. The SMILES string of the molecule is Clc1cccc(Sc2nc3ccccc3nc2C(Cl)(Cl)Cl)c1Cl. The molecule has 1 aromatic heterocycles. The third-order valence-electron chi connectivity index (χ3n) is 2.93. The van der Waals surface area contributed by atoms with Crippen LogP contribution in [0, 0.1) is 0 Å². The topological polar surface area (TPSA) is 25.8 Å². The number of benzene rings is 2. The Morgan fingerprint density at radius 3 is 2.13 bits per heavy atom. The quantitative estimate of drug-likeness (QED) is 0.418. The van der Waals surface area contributed by atoms with Gasteiger partial charge in [0.25, 0.3) is 0 Å². The Labute approximate surface area is 162 Å². The Balaban J connectivity index is 2.17. The number of rotatable bonds is 2. The van der Waals surface area contributed by atoms with E-state index in [1.807, 2.05) is 30.3 Å². The minimum Gasteiger partial charge on any atom is -0.244 e. The molecule has 2 nitrogen and oxygen atoms in total. The van der Waals surface area contributed by atoms with E-state index in [1.165, 1.54) is 11.8 Å². The summed E-state index contributed by atoms with van der Waals surface area (Å²) in [6.45, 7) is 0. The first-order chi connectivity index (χ1) is 10.9. The fourth-order valence-electron chi connectivity index (χ4n) is 1.91. The van der Waals surface area contributed by atoms with Crippen molar-refractivity contribution in [1.82, 2.24) is 9.97 Å². The number of alkyl halides is 3. The average Bonchev–Trinajstić information content (AvgIpc) is 2.50. The fourth-order valence-corrected chi connectivity index (χ4v) is 3.94. The van der Waals surface area contributed by atoms with Gasteiger partial charge in [0.1, 0.15) is 10.7 Å². The van der Waals surface area contributed by atoms with Crippen molar-refractivity contribution < 1.29 is 0 Å². The van der Waals surface area contributed by atoms with Crippen LogP contribution < -0.4 is 0 Å². The lowest BCUT2D eigenvalue weighted by Gasteiger charge is -2.15. The molecule has 0 unspecified atom stereocenters. The van der Waals surface area contributed by atoms with Gasteiger partial charge in [0.05, 0.1) is 21.1 Å². The lowest BCUT2D eigenvalue weighted by atomic mass is 10.3. The molecule has 0 saturated heterocycles. The highest BCUT2D eigenvalue weighted by Crippen LogP contribution is 2.45. The predicted molar refractivity (Wildman–Crippen MR) is 99.4 cm³/mol. The molecular weight excluding hydrogens is 418 g/mol. The summed E-state index contributed by atoms with van der Waals surface area (Å²) in [7, 11) is 0. The normalized spacial score (nSPS) is 11.9. The van der Waals surface area contributed by atoms with Crippen molar-refractivity contribution in [1.29, 1.82) is 0 Å². The molecule has 0 bridgehead atoms. The van der Waals surface area contributed by atoms with Crippen LogP contribution in [-0.4, -0.2) is 9.97 Å². The van der Waals surface area contributed by atoms with Crippen LogP contribution in [0.3, 0.4) is 0 Å². The minimum absolute atomic E-state index is 0.252. The third kappa shape index (κ3) is 3.81. The third-order valence-corrected chi connectivity index (χ3v) is 5.44. The molecule has 0 aliphatic carbocycles. The zero-order valence-corrected chi connectivity index (χ0v) is 15.8. The Kier molecular flexibility index (Phi) is 5.17. The molecule has 8 heteroatoms. The van der Waals surface area contributed by atoms with E-state index in [2.05, 4.69) is 9.97 Å². The Bertz CT molecular complexity index is 879. The van der Waals surface area contributed by atoms with Crippen molar-refractivity contribution in [3.05, 3.63) is 58.2 Å². The highest BCUT2D eigenvalue weighted by atomic mass is 35.6. The lowest BCUT2D eigenvalue weighted by molar-refractivity contribution is 0.970. The van der Waals surface area contributed by atoms with Gasteiger partial charge < -0.3 is 0 Å². The maximum atomic E-state index is 6.23. The molecule has 0 radical (unpaired) electrons. The summed E-state index contributed by atoms with van der Waals surface area (Å²) >= 11 is 31.7. The van der Waals surface area contributed by atoms with Crippen LogP contribution in [0.5, 0.6) is 0 Å². The molecule has 0 aliphatic rings. The Morgan fingerprint density at radius 2 is 1.48 bits per heavy atom. The Hall–Kier alpha value is -0.420. The first-order valence-electron chi connectivity index (χ1n) is 6.32. The van der Waals surface area contributed by atoms with Crippen LogP contribution in [0.1, 0.15) is 5.69 Å². The number of hydrogen-bond acceptors (Lipinski definition) is 3. The van der Waals surface area contributed by atoms with E-state index < -0.39 is 3.79 Å². The number of nitrogens with zero attached hydrogens (tertiary/aromatic N) is 2. The number of halogens is 5. The monoisotopic (exact) mass is 422 g/mol. The van der Waals surface area contributed by atoms with E-state index >= 15 is 0 Å². The standard InChI is InChI=1S/C15H7Cl5N2S/c16-8-4-3-7-11(12(8)17)23-14-13(15(18,19)20)21-9-5-1-2-6-10(9)22-14/h1-7H. The van der Waals surface area contributed by atoms with E-state index in [4.69, 9.17) is 58.0 Å². The number of aromatic nitrogens is 2. The zero-order valence-electron chi connectivity index (χ0n) is 11.2. The highest BCUT2D eigenvalue weighted by molar-refractivity contribution is 7.99. The highest BCUT2D eigenvalue weighted by Gasteiger charge is 2.30. The van der Waals surface area contributed by atoms with Crippen molar-refractivity contribution in [3.8, 4) is 0 Å². The second-order valence-corrected chi connectivity index (χ2v) is 8.61. The van der Waals surface area contributed by atoms with Gasteiger partial charge in [0.2, 0.25) is 3.79 Å². The predicted octanol–water partition coefficient (Wildman–Crippen LogP) is 6.91. The van der Waals surface area contributed by atoms with Gasteiger partial charge in [-0.1, -0.05) is 88.0 Å². The molecule has 0 fully saturated rings. The molecule has 2 aromatic carbocycles. The fraction of sp³-hybridized carbons (Fsp3) is 0.0667. The largest absolute Gasteiger partial charge is 0.244 e. The number of para-hydroxylation sites is 2. The van der Waals surface area contributed by atoms with Crippen molar-refractivity contribution in [3.63, 3.8) is 0 Å². The molecule has 0 saturated carbocycles. The van der Waals surface area contributed by atoms with Crippen molar-refractivity contribution in [2.75, 3.05) is 0 Å².